The van der Waals surface area contributed by atoms with Crippen molar-refractivity contribution in [2.24, 2.45) is 0 Å². The summed E-state index contributed by atoms with van der Waals surface area (Å²) >= 11 is 0. The highest BCUT2D eigenvalue weighted by Gasteiger charge is 2.11. The lowest BCUT2D eigenvalue weighted by molar-refractivity contribution is -0.129. The molecule has 4 heteroatoms. The van der Waals surface area contributed by atoms with E-state index in [1.54, 1.807) is 18.0 Å². The topological polar surface area (TPSA) is 41.6 Å². The molecule has 0 fully saturated rings. The van der Waals surface area contributed by atoms with Gasteiger partial charge in [0.25, 0.3) is 0 Å². The van der Waals surface area contributed by atoms with Crippen molar-refractivity contribution >= 4 is 5.91 Å². The van der Waals surface area contributed by atoms with Crippen LogP contribution >= 0.6 is 0 Å². The molecule has 0 spiro atoms. The highest BCUT2D eigenvalue weighted by atomic mass is 16.5. The van der Waals surface area contributed by atoms with Crippen LogP contribution in [0.25, 0.3) is 0 Å². The molecule has 104 valence electrons. The molecular weight excluding hydrogens is 240 g/mol. The molecule has 1 aromatic rings. The Morgan fingerprint density at radius 3 is 2.89 bits per heavy atom. The van der Waals surface area contributed by atoms with Crippen molar-refractivity contribution in [3.05, 3.63) is 42.5 Å². The predicted octanol–water partition coefficient (Wildman–Crippen LogP) is 1.82. The second-order valence-corrected chi connectivity index (χ2v) is 4.21. The molecule has 4 nitrogen and oxygen atoms in total. The van der Waals surface area contributed by atoms with Gasteiger partial charge >= 0.3 is 0 Å². The zero-order valence-electron chi connectivity index (χ0n) is 11.7. The molecule has 1 N–H and O–H groups in total. The number of carbonyl (C=O) groups excluding carboxylic acids is 1. The van der Waals surface area contributed by atoms with Crippen molar-refractivity contribution in [3.63, 3.8) is 0 Å². The van der Waals surface area contributed by atoms with Gasteiger partial charge in [-0.3, -0.25) is 4.79 Å². The lowest BCUT2D eigenvalue weighted by Crippen LogP contribution is -2.35. The van der Waals surface area contributed by atoms with Crippen molar-refractivity contribution in [1.29, 1.82) is 0 Å². The Bertz CT molecular complexity index is 418. The van der Waals surface area contributed by atoms with Crippen LogP contribution in [0.3, 0.4) is 0 Å². The summed E-state index contributed by atoms with van der Waals surface area (Å²) in [6.45, 7) is 7.67. The van der Waals surface area contributed by atoms with Crippen molar-refractivity contribution < 1.29 is 9.53 Å². The molecule has 0 unspecified atom stereocenters. The van der Waals surface area contributed by atoms with Gasteiger partial charge in [0.15, 0.2) is 0 Å². The number of para-hydroxylation sites is 1. The van der Waals surface area contributed by atoms with Crippen LogP contribution in [0.4, 0.5) is 0 Å². The average molecular weight is 262 g/mol. The molecule has 0 aliphatic carbocycles. The Morgan fingerprint density at radius 2 is 2.21 bits per heavy atom. The molecule has 0 radical (unpaired) electrons. The Balaban J connectivity index is 2.58. The summed E-state index contributed by atoms with van der Waals surface area (Å²) in [5, 5.41) is 3.00. The number of hydrogen-bond donors (Lipinski definition) is 1. The first-order valence-corrected chi connectivity index (χ1v) is 6.45. The molecule has 0 heterocycles. The third kappa shape index (κ3) is 5.14. The third-order valence-corrected chi connectivity index (χ3v) is 2.67. The number of nitrogens with zero attached hydrogens (tertiary/aromatic N) is 1. The van der Waals surface area contributed by atoms with E-state index >= 15 is 0 Å². The zero-order valence-corrected chi connectivity index (χ0v) is 11.7. The second kappa shape index (κ2) is 8.32. The Kier molecular flexibility index (Phi) is 6.68. The third-order valence-electron chi connectivity index (χ3n) is 2.67. The molecule has 1 amide bonds. The van der Waals surface area contributed by atoms with Gasteiger partial charge in [-0.2, -0.15) is 0 Å². The van der Waals surface area contributed by atoms with Crippen LogP contribution in [0, 0.1) is 0 Å². The van der Waals surface area contributed by atoms with Crippen LogP contribution in [0.1, 0.15) is 12.5 Å². The van der Waals surface area contributed by atoms with Gasteiger partial charge in [-0.1, -0.05) is 24.3 Å². The SMILES string of the molecule is C=CCNCC(=O)N(C)Cc1ccccc1OCC. The van der Waals surface area contributed by atoms with Gasteiger partial charge in [0.05, 0.1) is 13.2 Å². The van der Waals surface area contributed by atoms with E-state index in [0.717, 1.165) is 11.3 Å². The highest BCUT2D eigenvalue weighted by molar-refractivity contribution is 5.78. The number of hydrogen-bond acceptors (Lipinski definition) is 3. The minimum Gasteiger partial charge on any atom is -0.494 e. The lowest BCUT2D eigenvalue weighted by atomic mass is 10.2. The predicted molar refractivity (Wildman–Crippen MR) is 77.2 cm³/mol. The molecule has 0 saturated heterocycles. The maximum atomic E-state index is 11.9. The van der Waals surface area contributed by atoms with Gasteiger partial charge in [-0.25, -0.2) is 0 Å². The number of carbonyl (C=O) groups is 1. The zero-order chi connectivity index (χ0) is 14.1. The van der Waals surface area contributed by atoms with E-state index in [1.807, 2.05) is 31.2 Å². The Hall–Kier alpha value is -1.81. The fraction of sp³-hybridized carbons (Fsp3) is 0.400. The summed E-state index contributed by atoms with van der Waals surface area (Å²) in [7, 11) is 1.79. The number of likely N-dealkylation sites (N-methyl/N-ethyl adjacent to an activating group) is 1. The van der Waals surface area contributed by atoms with Gasteiger partial charge in [0.2, 0.25) is 5.91 Å². The molecule has 0 saturated carbocycles. The summed E-state index contributed by atoms with van der Waals surface area (Å²) in [5.74, 6) is 0.886. The summed E-state index contributed by atoms with van der Waals surface area (Å²) in [5.41, 5.74) is 1.02. The largest absolute Gasteiger partial charge is 0.494 e. The van der Waals surface area contributed by atoms with Gasteiger partial charge in [0, 0.05) is 25.7 Å². The molecule has 0 bridgehead atoms. The maximum absolute atomic E-state index is 11.9. The van der Waals surface area contributed by atoms with E-state index in [1.165, 1.54) is 0 Å². The van der Waals surface area contributed by atoms with Gasteiger partial charge < -0.3 is 15.0 Å². The Labute approximate surface area is 115 Å². The smallest absolute Gasteiger partial charge is 0.236 e. The van der Waals surface area contributed by atoms with Crippen LogP contribution in [0.2, 0.25) is 0 Å². The van der Waals surface area contributed by atoms with Gasteiger partial charge in [-0.05, 0) is 13.0 Å². The second-order valence-electron chi connectivity index (χ2n) is 4.21. The fourth-order valence-corrected chi connectivity index (χ4v) is 1.69. The molecule has 0 atom stereocenters. The number of rotatable bonds is 8. The summed E-state index contributed by atoms with van der Waals surface area (Å²) in [6.07, 6.45) is 1.73. The molecule has 0 aliphatic heterocycles. The Morgan fingerprint density at radius 1 is 1.47 bits per heavy atom. The fourth-order valence-electron chi connectivity index (χ4n) is 1.69. The lowest BCUT2D eigenvalue weighted by Gasteiger charge is -2.19. The summed E-state index contributed by atoms with van der Waals surface area (Å²) < 4.78 is 5.55. The quantitative estimate of drug-likeness (QED) is 0.574. The van der Waals surface area contributed by atoms with Crippen LogP contribution in [0.5, 0.6) is 5.75 Å². The molecule has 19 heavy (non-hydrogen) atoms. The number of amides is 1. The van der Waals surface area contributed by atoms with Crippen molar-refractivity contribution in [1.82, 2.24) is 10.2 Å². The van der Waals surface area contributed by atoms with Crippen molar-refractivity contribution in [2.75, 3.05) is 26.7 Å². The average Bonchev–Trinajstić information content (AvgIpc) is 2.41. The normalized spacial score (nSPS) is 10.0. The van der Waals surface area contributed by atoms with Crippen LogP contribution in [0.15, 0.2) is 36.9 Å². The van der Waals surface area contributed by atoms with Crippen molar-refractivity contribution in [3.8, 4) is 5.75 Å². The van der Waals surface area contributed by atoms with Crippen LogP contribution in [-0.2, 0) is 11.3 Å². The summed E-state index contributed by atoms with van der Waals surface area (Å²) in [6, 6.07) is 7.78. The maximum Gasteiger partial charge on any atom is 0.236 e. The highest BCUT2D eigenvalue weighted by Crippen LogP contribution is 2.19. The first kappa shape index (κ1) is 15.2. The first-order chi connectivity index (χ1) is 9.19. The molecular formula is C15H22N2O2. The van der Waals surface area contributed by atoms with E-state index in [4.69, 9.17) is 4.74 Å². The standard InChI is InChI=1S/C15H22N2O2/c1-4-10-16-11-15(18)17(3)12-13-8-6-7-9-14(13)19-5-2/h4,6-9,16H,1,5,10-12H2,2-3H3. The van der Waals surface area contributed by atoms with Gasteiger partial charge in [-0.15, -0.1) is 6.58 Å². The van der Waals surface area contributed by atoms with E-state index in [-0.39, 0.29) is 5.91 Å². The first-order valence-electron chi connectivity index (χ1n) is 6.45. The van der Waals surface area contributed by atoms with E-state index in [9.17, 15) is 4.79 Å². The van der Waals surface area contributed by atoms with Gasteiger partial charge in [0.1, 0.15) is 5.75 Å². The van der Waals surface area contributed by atoms with Crippen molar-refractivity contribution in [2.45, 2.75) is 13.5 Å². The molecule has 1 rings (SSSR count). The van der Waals surface area contributed by atoms with E-state index < -0.39 is 0 Å². The minimum absolute atomic E-state index is 0.0492. The van der Waals surface area contributed by atoms with Crippen LogP contribution in [-0.4, -0.2) is 37.6 Å². The molecule has 1 aromatic carbocycles. The summed E-state index contributed by atoms with van der Waals surface area (Å²) in [4.78, 5) is 13.6. The van der Waals surface area contributed by atoms with Crippen LogP contribution < -0.4 is 10.1 Å². The number of ether oxygens (including phenoxy) is 1. The molecule has 0 aliphatic rings. The molecule has 0 aromatic heterocycles. The number of benzene rings is 1. The minimum atomic E-state index is 0.0492. The van der Waals surface area contributed by atoms with E-state index in [0.29, 0.717) is 26.2 Å². The number of nitrogens with one attached hydrogen (secondary N) is 1. The van der Waals surface area contributed by atoms with E-state index in [2.05, 4.69) is 11.9 Å². The monoisotopic (exact) mass is 262 g/mol.